The summed E-state index contributed by atoms with van der Waals surface area (Å²) in [7, 11) is 1.78. The van der Waals surface area contributed by atoms with E-state index < -0.39 is 0 Å². The van der Waals surface area contributed by atoms with Crippen LogP contribution in [-0.4, -0.2) is 35.2 Å². The number of hydrogen-bond donors (Lipinski definition) is 0. The van der Waals surface area contributed by atoms with Crippen molar-refractivity contribution in [2.24, 2.45) is 0 Å². The lowest BCUT2D eigenvalue weighted by Crippen LogP contribution is -2.26. The highest BCUT2D eigenvalue weighted by Crippen LogP contribution is 2.23. The molecule has 1 fully saturated rings. The molecule has 3 rings (SSSR count). The summed E-state index contributed by atoms with van der Waals surface area (Å²) in [5.41, 5.74) is 1.70. The average Bonchev–Trinajstić information content (AvgIpc) is 3.16. The van der Waals surface area contributed by atoms with Crippen molar-refractivity contribution in [3.63, 3.8) is 0 Å². The first-order chi connectivity index (χ1) is 11.5. The van der Waals surface area contributed by atoms with Gasteiger partial charge in [0.2, 0.25) is 5.91 Å². The minimum Gasteiger partial charge on any atom is -0.338 e. The van der Waals surface area contributed by atoms with Gasteiger partial charge in [0.15, 0.2) is 0 Å². The molecular formula is C18H19ClN2O2S. The maximum atomic E-state index is 12.5. The van der Waals surface area contributed by atoms with Crippen LogP contribution in [0.25, 0.3) is 0 Å². The molecule has 1 aromatic carbocycles. The molecule has 0 radical (unpaired) electrons. The highest BCUT2D eigenvalue weighted by molar-refractivity contribution is 7.16. The number of nitrogens with zero attached hydrogens (tertiary/aromatic N) is 2. The van der Waals surface area contributed by atoms with E-state index >= 15 is 0 Å². The zero-order valence-corrected chi connectivity index (χ0v) is 15.1. The Morgan fingerprint density at radius 3 is 2.58 bits per heavy atom. The number of hydrogen-bond acceptors (Lipinski definition) is 3. The number of carbonyl (C=O) groups excluding carboxylic acids is 2. The molecule has 1 aromatic heterocycles. The summed E-state index contributed by atoms with van der Waals surface area (Å²) in [4.78, 5) is 28.8. The summed E-state index contributed by atoms with van der Waals surface area (Å²) >= 11 is 7.41. The van der Waals surface area contributed by atoms with Crippen molar-refractivity contribution in [1.82, 2.24) is 9.80 Å². The highest BCUT2D eigenvalue weighted by atomic mass is 35.5. The van der Waals surface area contributed by atoms with Crippen LogP contribution in [-0.2, 0) is 17.9 Å². The smallest absolute Gasteiger partial charge is 0.253 e. The summed E-state index contributed by atoms with van der Waals surface area (Å²) in [5, 5.41) is 0. The van der Waals surface area contributed by atoms with Crippen molar-refractivity contribution < 1.29 is 9.59 Å². The highest BCUT2D eigenvalue weighted by Gasteiger charge is 2.20. The van der Waals surface area contributed by atoms with Crippen molar-refractivity contribution in [1.29, 1.82) is 0 Å². The topological polar surface area (TPSA) is 40.6 Å². The molecule has 0 atom stereocenters. The molecule has 0 bridgehead atoms. The van der Waals surface area contributed by atoms with Gasteiger partial charge in [-0.05, 0) is 36.2 Å². The van der Waals surface area contributed by atoms with Gasteiger partial charge < -0.3 is 9.80 Å². The van der Waals surface area contributed by atoms with Gasteiger partial charge in [-0.1, -0.05) is 23.7 Å². The molecule has 6 heteroatoms. The number of likely N-dealkylation sites (tertiary alicyclic amines) is 1. The van der Waals surface area contributed by atoms with Gasteiger partial charge >= 0.3 is 0 Å². The van der Waals surface area contributed by atoms with E-state index in [2.05, 4.69) is 0 Å². The lowest BCUT2D eigenvalue weighted by molar-refractivity contribution is -0.128. The third-order valence-corrected chi connectivity index (χ3v) is 5.33. The van der Waals surface area contributed by atoms with Crippen LogP contribution in [0.1, 0.15) is 33.6 Å². The summed E-state index contributed by atoms with van der Waals surface area (Å²) < 4.78 is 0.728. The van der Waals surface area contributed by atoms with E-state index in [1.165, 1.54) is 11.3 Å². The molecule has 24 heavy (non-hydrogen) atoms. The number of benzene rings is 1. The fourth-order valence-electron chi connectivity index (χ4n) is 2.81. The van der Waals surface area contributed by atoms with Gasteiger partial charge in [-0.25, -0.2) is 0 Å². The maximum Gasteiger partial charge on any atom is 0.253 e. The molecule has 1 aliphatic rings. The molecule has 126 valence electrons. The Bertz CT molecular complexity index is 742. The van der Waals surface area contributed by atoms with Crippen molar-refractivity contribution in [3.05, 3.63) is 56.7 Å². The minimum atomic E-state index is -0.0247. The zero-order chi connectivity index (χ0) is 17.1. The van der Waals surface area contributed by atoms with Crippen LogP contribution >= 0.6 is 22.9 Å². The van der Waals surface area contributed by atoms with E-state index in [9.17, 15) is 9.59 Å². The summed E-state index contributed by atoms with van der Waals surface area (Å²) in [6.45, 7) is 1.99. The van der Waals surface area contributed by atoms with Gasteiger partial charge in [0.05, 0.1) is 10.9 Å². The second-order valence-corrected chi connectivity index (χ2v) is 7.78. The minimum absolute atomic E-state index is 0.0247. The fraction of sp³-hybridized carbons (Fsp3) is 0.333. The number of thiophene rings is 1. The summed E-state index contributed by atoms with van der Waals surface area (Å²) in [6, 6.07) is 11.3. The van der Waals surface area contributed by atoms with Crippen molar-refractivity contribution in [2.75, 3.05) is 13.6 Å². The van der Waals surface area contributed by atoms with E-state index in [1.807, 2.05) is 41.3 Å². The number of carbonyl (C=O) groups is 2. The zero-order valence-electron chi connectivity index (χ0n) is 13.5. The van der Waals surface area contributed by atoms with Crippen LogP contribution in [0.2, 0.25) is 4.34 Å². The Hall–Kier alpha value is -1.85. The second-order valence-electron chi connectivity index (χ2n) is 5.98. The molecule has 0 N–H and O–H groups in total. The Morgan fingerprint density at radius 2 is 2.00 bits per heavy atom. The first-order valence-electron chi connectivity index (χ1n) is 7.89. The maximum absolute atomic E-state index is 12.5. The molecule has 2 aromatic rings. The number of rotatable bonds is 5. The Balaban J connectivity index is 1.61. The molecule has 0 aliphatic carbocycles. The third-order valence-electron chi connectivity index (χ3n) is 4.11. The van der Waals surface area contributed by atoms with Gasteiger partial charge in [0, 0.05) is 37.0 Å². The fourth-order valence-corrected chi connectivity index (χ4v) is 3.95. The normalized spacial score (nSPS) is 14.2. The molecular weight excluding hydrogens is 344 g/mol. The van der Waals surface area contributed by atoms with E-state index in [0.29, 0.717) is 25.1 Å². The quantitative estimate of drug-likeness (QED) is 0.811. The predicted molar refractivity (Wildman–Crippen MR) is 96.2 cm³/mol. The van der Waals surface area contributed by atoms with E-state index in [-0.39, 0.29) is 11.8 Å². The second kappa shape index (κ2) is 7.36. The first-order valence-corrected chi connectivity index (χ1v) is 9.09. The van der Waals surface area contributed by atoms with E-state index in [0.717, 1.165) is 27.7 Å². The van der Waals surface area contributed by atoms with Gasteiger partial charge in [0.25, 0.3) is 5.91 Å². The van der Waals surface area contributed by atoms with Crippen molar-refractivity contribution in [2.45, 2.75) is 25.9 Å². The van der Waals surface area contributed by atoms with Crippen LogP contribution in [0, 0.1) is 0 Å². The van der Waals surface area contributed by atoms with Gasteiger partial charge in [-0.15, -0.1) is 11.3 Å². The summed E-state index contributed by atoms with van der Waals surface area (Å²) in [5.74, 6) is 0.188. The number of halogens is 1. The average molecular weight is 363 g/mol. The number of amides is 2. The monoisotopic (exact) mass is 362 g/mol. The lowest BCUT2D eigenvalue weighted by Gasteiger charge is -2.18. The molecule has 2 amide bonds. The Kier molecular flexibility index (Phi) is 5.21. The molecule has 0 spiro atoms. The Morgan fingerprint density at radius 1 is 1.25 bits per heavy atom. The molecule has 1 saturated heterocycles. The molecule has 4 nitrogen and oxygen atoms in total. The predicted octanol–water partition coefficient (Wildman–Crippen LogP) is 3.80. The molecule has 0 unspecified atom stereocenters. The molecule has 0 saturated carbocycles. The van der Waals surface area contributed by atoms with Crippen LogP contribution < -0.4 is 0 Å². The lowest BCUT2D eigenvalue weighted by atomic mass is 10.1. The molecule has 1 aliphatic heterocycles. The van der Waals surface area contributed by atoms with E-state index in [4.69, 9.17) is 11.6 Å². The van der Waals surface area contributed by atoms with Gasteiger partial charge in [-0.3, -0.25) is 9.59 Å². The standard InChI is InChI=1S/C18H19ClN2O2S/c1-20(12-15-8-9-16(19)24-15)18(23)14-6-4-13(5-7-14)11-21-10-2-3-17(21)22/h4-9H,2-3,10-12H2,1H3. The van der Waals surface area contributed by atoms with E-state index in [1.54, 1.807) is 11.9 Å². The largest absolute Gasteiger partial charge is 0.338 e. The van der Waals surface area contributed by atoms with Crippen LogP contribution in [0.5, 0.6) is 0 Å². The molecule has 2 heterocycles. The third kappa shape index (κ3) is 3.97. The Labute approximate surface area is 150 Å². The van der Waals surface area contributed by atoms with Crippen molar-refractivity contribution >= 4 is 34.8 Å². The SMILES string of the molecule is CN(Cc1ccc(Cl)s1)C(=O)c1ccc(CN2CCCC2=O)cc1. The van der Waals surface area contributed by atoms with Gasteiger partial charge in [-0.2, -0.15) is 0 Å². The summed E-state index contributed by atoms with van der Waals surface area (Å²) in [6.07, 6.45) is 1.58. The first kappa shape index (κ1) is 17.0. The van der Waals surface area contributed by atoms with Crippen molar-refractivity contribution in [3.8, 4) is 0 Å². The van der Waals surface area contributed by atoms with Crippen LogP contribution in [0.3, 0.4) is 0 Å². The van der Waals surface area contributed by atoms with Crippen LogP contribution in [0.4, 0.5) is 0 Å². The van der Waals surface area contributed by atoms with Crippen LogP contribution in [0.15, 0.2) is 36.4 Å². The van der Waals surface area contributed by atoms with Gasteiger partial charge in [0.1, 0.15) is 0 Å².